The van der Waals surface area contributed by atoms with Crippen molar-refractivity contribution in [3.63, 3.8) is 0 Å². The van der Waals surface area contributed by atoms with E-state index < -0.39 is 0 Å². The van der Waals surface area contributed by atoms with Crippen LogP contribution in [-0.4, -0.2) is 78.0 Å². The van der Waals surface area contributed by atoms with Gasteiger partial charge in [0.1, 0.15) is 0 Å². The van der Waals surface area contributed by atoms with Crippen molar-refractivity contribution in [3.8, 4) is 0 Å². The second-order valence-corrected chi connectivity index (χ2v) is 6.91. The van der Waals surface area contributed by atoms with E-state index in [4.69, 9.17) is 4.74 Å². The molecule has 1 unspecified atom stereocenters. The van der Waals surface area contributed by atoms with Gasteiger partial charge < -0.3 is 10.1 Å². The lowest BCUT2D eigenvalue weighted by Gasteiger charge is -2.34. The molecule has 1 aromatic heterocycles. The van der Waals surface area contributed by atoms with Crippen molar-refractivity contribution in [1.29, 1.82) is 0 Å². The zero-order chi connectivity index (χ0) is 16.9. The Morgan fingerprint density at radius 3 is 2.79 bits per heavy atom. The van der Waals surface area contributed by atoms with Crippen molar-refractivity contribution in [1.82, 2.24) is 24.9 Å². The Bertz CT molecular complexity index is 541. The van der Waals surface area contributed by atoms with E-state index >= 15 is 0 Å². The monoisotopic (exact) mass is 335 g/mol. The molecule has 1 amide bonds. The van der Waals surface area contributed by atoms with Gasteiger partial charge in [-0.1, -0.05) is 0 Å². The zero-order valence-corrected chi connectivity index (χ0v) is 14.8. The molecule has 3 heterocycles. The molecule has 7 heteroatoms. The van der Waals surface area contributed by atoms with E-state index in [0.29, 0.717) is 6.04 Å². The van der Waals surface area contributed by atoms with Crippen LogP contribution in [0.5, 0.6) is 0 Å². The lowest BCUT2D eigenvalue weighted by molar-refractivity contribution is -0.125. The maximum Gasteiger partial charge on any atom is 0.225 e. The maximum absolute atomic E-state index is 12.3. The zero-order valence-electron chi connectivity index (χ0n) is 14.8. The summed E-state index contributed by atoms with van der Waals surface area (Å²) in [5.41, 5.74) is 1.20. The number of aryl methyl sites for hydroxylation is 1. The fraction of sp³-hybridized carbons (Fsp3) is 0.765. The summed E-state index contributed by atoms with van der Waals surface area (Å²) in [4.78, 5) is 17.2. The number of hydrogen-bond acceptors (Lipinski definition) is 5. The second-order valence-electron chi connectivity index (χ2n) is 6.91. The van der Waals surface area contributed by atoms with Crippen molar-refractivity contribution < 1.29 is 9.53 Å². The molecule has 7 nitrogen and oxygen atoms in total. The first-order valence-corrected chi connectivity index (χ1v) is 8.89. The maximum atomic E-state index is 12.3. The van der Waals surface area contributed by atoms with Gasteiger partial charge in [-0.05, 0) is 12.8 Å². The number of ether oxygens (including phenoxy) is 1. The normalized spacial score (nSPS) is 24.7. The molecule has 0 saturated carbocycles. The third-order valence-corrected chi connectivity index (χ3v) is 5.13. The molecule has 2 saturated heterocycles. The fourth-order valence-electron chi connectivity index (χ4n) is 3.81. The van der Waals surface area contributed by atoms with Gasteiger partial charge in [-0.15, -0.1) is 0 Å². The highest BCUT2D eigenvalue weighted by molar-refractivity contribution is 5.78. The van der Waals surface area contributed by atoms with Crippen LogP contribution >= 0.6 is 0 Å². The highest BCUT2D eigenvalue weighted by Crippen LogP contribution is 2.20. The van der Waals surface area contributed by atoms with E-state index in [2.05, 4.69) is 26.4 Å². The predicted molar refractivity (Wildman–Crippen MR) is 91.5 cm³/mol. The Kier molecular flexibility index (Phi) is 5.86. The standard InChI is InChI=1S/C17H29N5O2/c1-18-17(23)15-12-21(11-14-9-19-20(2)10-14)5-6-22(13-15)16-3-7-24-8-4-16/h9-10,15-16H,3-8,11-13H2,1-2H3,(H,18,23). The molecule has 3 rings (SSSR count). The van der Waals surface area contributed by atoms with Crippen LogP contribution in [0.3, 0.4) is 0 Å². The summed E-state index contributed by atoms with van der Waals surface area (Å²) < 4.78 is 7.33. The average molecular weight is 335 g/mol. The van der Waals surface area contributed by atoms with E-state index in [1.165, 1.54) is 5.56 Å². The van der Waals surface area contributed by atoms with Gasteiger partial charge in [-0.2, -0.15) is 5.10 Å². The third-order valence-electron chi connectivity index (χ3n) is 5.13. The molecule has 0 spiro atoms. The molecule has 1 N–H and O–H groups in total. The Morgan fingerprint density at radius 2 is 2.12 bits per heavy atom. The quantitative estimate of drug-likeness (QED) is 0.844. The Balaban J connectivity index is 1.67. The van der Waals surface area contributed by atoms with Crippen molar-refractivity contribution in [3.05, 3.63) is 18.0 Å². The van der Waals surface area contributed by atoms with Crippen LogP contribution in [0.1, 0.15) is 18.4 Å². The van der Waals surface area contributed by atoms with E-state index in [1.807, 2.05) is 17.9 Å². The number of carbonyl (C=O) groups is 1. The second kappa shape index (κ2) is 8.09. The molecule has 134 valence electrons. The smallest absolute Gasteiger partial charge is 0.225 e. The van der Waals surface area contributed by atoms with E-state index in [1.54, 1.807) is 7.05 Å². The summed E-state index contributed by atoms with van der Waals surface area (Å²) in [5.74, 6) is 0.155. The lowest BCUT2D eigenvalue weighted by Crippen LogP contribution is -2.45. The topological polar surface area (TPSA) is 62.6 Å². The minimum atomic E-state index is 0.0111. The number of amides is 1. The van der Waals surface area contributed by atoms with E-state index in [0.717, 1.165) is 58.8 Å². The first-order valence-electron chi connectivity index (χ1n) is 8.89. The minimum absolute atomic E-state index is 0.0111. The fourth-order valence-corrected chi connectivity index (χ4v) is 3.81. The van der Waals surface area contributed by atoms with Crippen molar-refractivity contribution >= 4 is 5.91 Å². The van der Waals surface area contributed by atoms with Gasteiger partial charge in [-0.3, -0.25) is 19.3 Å². The molecule has 0 aliphatic carbocycles. The average Bonchev–Trinajstić information content (AvgIpc) is 2.89. The number of hydrogen-bond donors (Lipinski definition) is 1. The van der Waals surface area contributed by atoms with Gasteiger partial charge in [0.25, 0.3) is 0 Å². The first-order chi connectivity index (χ1) is 11.7. The molecule has 2 fully saturated rings. The number of carbonyl (C=O) groups excluding carboxylic acids is 1. The number of nitrogens with zero attached hydrogens (tertiary/aromatic N) is 4. The molecule has 2 aliphatic rings. The molecule has 0 aromatic carbocycles. The first kappa shape index (κ1) is 17.4. The predicted octanol–water partition coefficient (Wildman–Crippen LogP) is 0.0789. The number of aromatic nitrogens is 2. The third kappa shape index (κ3) is 4.34. The summed E-state index contributed by atoms with van der Waals surface area (Å²) in [6.45, 7) is 6.17. The molecule has 2 aliphatic heterocycles. The Labute approximate surface area is 143 Å². The van der Waals surface area contributed by atoms with Crippen LogP contribution in [-0.2, 0) is 23.1 Å². The van der Waals surface area contributed by atoms with E-state index in [-0.39, 0.29) is 11.8 Å². The number of rotatable bonds is 4. The van der Waals surface area contributed by atoms with Gasteiger partial charge in [0, 0.05) is 77.8 Å². The van der Waals surface area contributed by atoms with Crippen LogP contribution in [0, 0.1) is 5.92 Å². The highest BCUT2D eigenvalue weighted by atomic mass is 16.5. The van der Waals surface area contributed by atoms with Crippen molar-refractivity contribution in [2.45, 2.75) is 25.4 Å². The Hall–Kier alpha value is -1.44. The van der Waals surface area contributed by atoms with Crippen LogP contribution in [0.15, 0.2) is 12.4 Å². The summed E-state index contributed by atoms with van der Waals surface area (Å²) in [6.07, 6.45) is 6.11. The summed E-state index contributed by atoms with van der Waals surface area (Å²) in [5, 5.41) is 7.09. The summed E-state index contributed by atoms with van der Waals surface area (Å²) in [7, 11) is 3.67. The van der Waals surface area contributed by atoms with Crippen molar-refractivity contribution in [2.24, 2.45) is 13.0 Å². The molecular weight excluding hydrogens is 306 g/mol. The molecule has 1 atom stereocenters. The SMILES string of the molecule is CNC(=O)C1CN(Cc2cnn(C)c2)CCN(C2CCOCC2)C1. The molecular formula is C17H29N5O2. The van der Waals surface area contributed by atoms with Gasteiger partial charge in [-0.25, -0.2) is 0 Å². The summed E-state index contributed by atoms with van der Waals surface area (Å²) >= 11 is 0. The number of nitrogens with one attached hydrogen (secondary N) is 1. The molecule has 0 radical (unpaired) electrons. The molecule has 24 heavy (non-hydrogen) atoms. The van der Waals surface area contributed by atoms with Crippen LogP contribution in [0.25, 0.3) is 0 Å². The Morgan fingerprint density at radius 1 is 1.33 bits per heavy atom. The molecule has 1 aromatic rings. The lowest BCUT2D eigenvalue weighted by atomic mass is 10.0. The van der Waals surface area contributed by atoms with Gasteiger partial charge in [0.15, 0.2) is 0 Å². The molecule has 0 bridgehead atoms. The van der Waals surface area contributed by atoms with Crippen LogP contribution in [0.2, 0.25) is 0 Å². The summed E-state index contributed by atoms with van der Waals surface area (Å²) in [6, 6.07) is 0.546. The largest absolute Gasteiger partial charge is 0.381 e. The highest BCUT2D eigenvalue weighted by Gasteiger charge is 2.31. The van der Waals surface area contributed by atoms with Gasteiger partial charge >= 0.3 is 0 Å². The van der Waals surface area contributed by atoms with Crippen molar-refractivity contribution in [2.75, 3.05) is 46.4 Å². The van der Waals surface area contributed by atoms with Gasteiger partial charge in [0.05, 0.1) is 12.1 Å². The van der Waals surface area contributed by atoms with Crippen LogP contribution < -0.4 is 5.32 Å². The minimum Gasteiger partial charge on any atom is -0.381 e. The van der Waals surface area contributed by atoms with Crippen LogP contribution in [0.4, 0.5) is 0 Å². The van der Waals surface area contributed by atoms with E-state index in [9.17, 15) is 4.79 Å². The van der Waals surface area contributed by atoms with Gasteiger partial charge in [0.2, 0.25) is 5.91 Å².